The van der Waals surface area contributed by atoms with Crippen LogP contribution in [0.1, 0.15) is 37.3 Å². The molecule has 0 aliphatic carbocycles. The number of aryl methyl sites for hydroxylation is 1. The van der Waals surface area contributed by atoms with Crippen LogP contribution in [0.25, 0.3) is 6.08 Å². The van der Waals surface area contributed by atoms with E-state index in [1.54, 1.807) is 18.5 Å². The lowest BCUT2D eigenvalue weighted by atomic mass is 10.1. The number of phenolic OH excluding ortho intramolecular Hbond substituents is 1. The van der Waals surface area contributed by atoms with Gasteiger partial charge < -0.3 is 15.2 Å². The van der Waals surface area contributed by atoms with Crippen molar-refractivity contribution in [3.05, 3.63) is 59.7 Å². The van der Waals surface area contributed by atoms with Crippen LogP contribution in [-0.2, 0) is 6.42 Å². The molecule has 0 unspecified atom stereocenters. The maximum absolute atomic E-state index is 9.31. The maximum atomic E-state index is 9.31. The van der Waals surface area contributed by atoms with Gasteiger partial charge in [-0.1, -0.05) is 37.6 Å². The number of unbranched alkanes of at least 4 members (excludes halogenated alkanes) is 1. The highest BCUT2D eigenvalue weighted by molar-refractivity contribution is 5.58. The second kappa shape index (κ2) is 11.0. The molecule has 0 bridgehead atoms. The van der Waals surface area contributed by atoms with Crippen molar-refractivity contribution < 1.29 is 9.84 Å². The third-order valence-electron chi connectivity index (χ3n) is 4.03. The second-order valence-electron chi connectivity index (χ2n) is 6.08. The first-order valence-electron chi connectivity index (χ1n) is 9.14. The van der Waals surface area contributed by atoms with E-state index in [9.17, 15) is 5.11 Å². The van der Waals surface area contributed by atoms with Crippen molar-refractivity contribution in [1.29, 1.82) is 0 Å². The van der Waals surface area contributed by atoms with E-state index in [1.807, 2.05) is 31.3 Å². The molecule has 2 aromatic rings. The average Bonchev–Trinajstić information content (AvgIpc) is 2.66. The first-order valence-corrected chi connectivity index (χ1v) is 9.14. The molecule has 138 valence electrons. The van der Waals surface area contributed by atoms with Crippen molar-refractivity contribution in [3.63, 3.8) is 0 Å². The zero-order valence-corrected chi connectivity index (χ0v) is 15.6. The molecule has 0 heterocycles. The van der Waals surface area contributed by atoms with Crippen LogP contribution >= 0.6 is 0 Å². The van der Waals surface area contributed by atoms with E-state index in [-0.39, 0.29) is 5.75 Å². The summed E-state index contributed by atoms with van der Waals surface area (Å²) in [6.07, 6.45) is 9.80. The van der Waals surface area contributed by atoms with Crippen LogP contribution in [0.2, 0.25) is 0 Å². The Labute approximate surface area is 156 Å². The Morgan fingerprint density at radius 1 is 1.15 bits per heavy atom. The van der Waals surface area contributed by atoms with Gasteiger partial charge in [-0.05, 0) is 60.7 Å². The predicted molar refractivity (Wildman–Crippen MR) is 110 cm³/mol. The number of benzene rings is 2. The lowest BCUT2D eigenvalue weighted by molar-refractivity contribution is 0.475. The van der Waals surface area contributed by atoms with Crippen molar-refractivity contribution in [2.45, 2.75) is 32.6 Å². The van der Waals surface area contributed by atoms with Gasteiger partial charge in [0.2, 0.25) is 0 Å². The quantitative estimate of drug-likeness (QED) is 0.347. The van der Waals surface area contributed by atoms with Gasteiger partial charge in [0.25, 0.3) is 0 Å². The smallest absolute Gasteiger partial charge is 0.176 e. The van der Waals surface area contributed by atoms with E-state index < -0.39 is 0 Å². The summed E-state index contributed by atoms with van der Waals surface area (Å²) in [5.74, 6) is 1.10. The van der Waals surface area contributed by atoms with Crippen molar-refractivity contribution >= 4 is 18.2 Å². The summed E-state index contributed by atoms with van der Waals surface area (Å²) in [5, 5.41) is 12.5. The molecule has 4 nitrogen and oxygen atoms in total. The number of anilines is 1. The molecule has 26 heavy (non-hydrogen) atoms. The van der Waals surface area contributed by atoms with E-state index in [0.717, 1.165) is 49.2 Å². The molecule has 0 aromatic heterocycles. The van der Waals surface area contributed by atoms with Gasteiger partial charge in [-0.15, -0.1) is 0 Å². The number of aliphatic imine (C=N–C) groups is 1. The first kappa shape index (κ1) is 19.6. The Morgan fingerprint density at radius 2 is 1.96 bits per heavy atom. The van der Waals surface area contributed by atoms with Crippen molar-refractivity contribution in [1.82, 2.24) is 0 Å². The number of aromatic hydroxyl groups is 1. The third-order valence-corrected chi connectivity index (χ3v) is 4.03. The highest BCUT2D eigenvalue weighted by atomic mass is 16.5. The Hall–Kier alpha value is -2.75. The zero-order chi connectivity index (χ0) is 18.6. The molecule has 0 amide bonds. The molecular formula is C22H28N2O2. The van der Waals surface area contributed by atoms with E-state index in [2.05, 4.69) is 35.5 Å². The average molecular weight is 352 g/mol. The van der Waals surface area contributed by atoms with E-state index >= 15 is 0 Å². The van der Waals surface area contributed by atoms with Gasteiger partial charge in [-0.25, -0.2) is 0 Å². The van der Waals surface area contributed by atoms with Gasteiger partial charge in [0.05, 0.1) is 0 Å². The van der Waals surface area contributed by atoms with E-state index in [4.69, 9.17) is 4.74 Å². The molecule has 0 radical (unpaired) electrons. The van der Waals surface area contributed by atoms with Gasteiger partial charge in [0.15, 0.2) is 6.40 Å². The number of rotatable bonds is 10. The molecule has 0 aliphatic rings. The van der Waals surface area contributed by atoms with Crippen LogP contribution in [-0.4, -0.2) is 25.1 Å². The number of ether oxygens (including phenoxy) is 1. The topological polar surface area (TPSA) is 53.8 Å². The summed E-state index contributed by atoms with van der Waals surface area (Å²) >= 11 is 0. The molecular weight excluding hydrogens is 324 g/mol. The zero-order valence-electron chi connectivity index (χ0n) is 15.6. The minimum Gasteiger partial charge on any atom is -0.508 e. The fourth-order valence-corrected chi connectivity index (χ4v) is 2.54. The Morgan fingerprint density at radius 3 is 2.69 bits per heavy atom. The molecule has 0 fully saturated rings. The van der Waals surface area contributed by atoms with Gasteiger partial charge in [0, 0.05) is 19.3 Å². The molecule has 0 aliphatic heterocycles. The minimum absolute atomic E-state index is 0.288. The van der Waals surface area contributed by atoms with Crippen LogP contribution < -0.4 is 10.1 Å². The molecule has 0 spiro atoms. The summed E-state index contributed by atoms with van der Waals surface area (Å²) in [6, 6.07) is 13.2. The number of hydrogen-bond donors (Lipinski definition) is 2. The van der Waals surface area contributed by atoms with Gasteiger partial charge in [-0.2, -0.15) is 0 Å². The molecule has 0 saturated carbocycles. The number of allylic oxidation sites excluding steroid dienone is 1. The number of hydrogen-bond acceptors (Lipinski definition) is 4. The van der Waals surface area contributed by atoms with Crippen molar-refractivity contribution in [2.24, 2.45) is 4.99 Å². The van der Waals surface area contributed by atoms with Crippen LogP contribution in [0.4, 0.5) is 5.69 Å². The normalized spacial score (nSPS) is 11.3. The molecule has 2 aromatic carbocycles. The molecule has 0 saturated heterocycles. The van der Waals surface area contributed by atoms with Gasteiger partial charge >= 0.3 is 0 Å². The molecule has 2 N–H and O–H groups in total. The van der Waals surface area contributed by atoms with Gasteiger partial charge in [0.1, 0.15) is 11.5 Å². The summed E-state index contributed by atoms with van der Waals surface area (Å²) in [6.45, 7) is 2.95. The van der Waals surface area contributed by atoms with Crippen LogP contribution in [0, 0.1) is 0 Å². The lowest BCUT2D eigenvalue weighted by Gasteiger charge is -2.10. The van der Waals surface area contributed by atoms with Crippen LogP contribution in [0.5, 0.6) is 11.5 Å². The highest BCUT2D eigenvalue weighted by Crippen LogP contribution is 2.23. The Kier molecular flexibility index (Phi) is 8.27. The van der Waals surface area contributed by atoms with Gasteiger partial charge in [-0.3, -0.25) is 4.99 Å². The van der Waals surface area contributed by atoms with Crippen molar-refractivity contribution in [3.8, 4) is 11.5 Å². The summed E-state index contributed by atoms with van der Waals surface area (Å²) < 4.78 is 5.62. The Balaban J connectivity index is 1.92. The first-order chi connectivity index (χ1) is 12.7. The minimum atomic E-state index is 0.288. The largest absolute Gasteiger partial charge is 0.508 e. The summed E-state index contributed by atoms with van der Waals surface area (Å²) in [4.78, 5) is 4.25. The number of nitrogens with one attached hydrogen (secondary N) is 1. The summed E-state index contributed by atoms with van der Waals surface area (Å²) in [5.41, 5.74) is 3.40. The third kappa shape index (κ3) is 6.63. The number of nitrogens with zero attached hydrogens (tertiary/aromatic N) is 1. The molecule has 4 heteroatoms. The number of phenols is 1. The fraction of sp³-hybridized carbons (Fsp3) is 0.318. The van der Waals surface area contributed by atoms with Crippen LogP contribution in [0.15, 0.2) is 53.5 Å². The monoisotopic (exact) mass is 352 g/mol. The maximum Gasteiger partial charge on any atom is 0.176 e. The predicted octanol–water partition coefficient (Wildman–Crippen LogP) is 5.29. The molecule has 2 rings (SSSR count). The lowest BCUT2D eigenvalue weighted by Crippen LogP contribution is -1.98. The van der Waals surface area contributed by atoms with Crippen molar-refractivity contribution in [2.75, 3.05) is 18.9 Å². The highest BCUT2D eigenvalue weighted by Gasteiger charge is 2.03. The van der Waals surface area contributed by atoms with Crippen LogP contribution in [0.3, 0.4) is 0 Å². The van der Waals surface area contributed by atoms with E-state index in [0.29, 0.717) is 0 Å². The SMILES string of the molecule is CCCCN=COc1ccc(NC)c(CC/C=C\c2ccc(O)cc2)c1. The second-order valence-corrected chi connectivity index (χ2v) is 6.08. The Bertz CT molecular complexity index is 721. The van der Waals surface area contributed by atoms with E-state index in [1.165, 1.54) is 5.56 Å². The fourth-order valence-electron chi connectivity index (χ4n) is 2.54. The molecule has 0 atom stereocenters. The summed E-state index contributed by atoms with van der Waals surface area (Å²) in [7, 11) is 1.93. The standard InChI is InChI=1S/C22H28N2O2/c1-3-4-15-24-17-26-21-13-14-22(23-2)19(16-21)8-6-5-7-18-9-11-20(25)12-10-18/h5,7,9-14,16-17,23,25H,3-4,6,8,15H2,1-2H3/b7-5-,24-17?.